The highest BCUT2D eigenvalue weighted by Crippen LogP contribution is 2.42. The number of aliphatic hydroxyl groups is 1. The number of anilines is 1. The fraction of sp³-hybridized carbons (Fsp3) is 0.136. The van der Waals surface area contributed by atoms with E-state index in [4.69, 9.17) is 4.52 Å². The van der Waals surface area contributed by atoms with Crippen molar-refractivity contribution in [3.05, 3.63) is 87.1 Å². The second kappa shape index (κ2) is 7.33. The molecule has 1 amide bonds. The van der Waals surface area contributed by atoms with E-state index < -0.39 is 17.7 Å². The van der Waals surface area contributed by atoms with Gasteiger partial charge in [-0.3, -0.25) is 14.5 Å². The molecule has 29 heavy (non-hydrogen) atoms. The number of hydrogen-bond acceptors (Lipinski definition) is 5. The molecule has 2 aromatic carbocycles. The van der Waals surface area contributed by atoms with Crippen molar-refractivity contribution in [3.8, 4) is 0 Å². The van der Waals surface area contributed by atoms with Crippen LogP contribution in [0, 0.1) is 13.8 Å². The van der Waals surface area contributed by atoms with Crippen molar-refractivity contribution < 1.29 is 19.2 Å². The van der Waals surface area contributed by atoms with Crippen LogP contribution >= 0.6 is 15.9 Å². The first-order valence-corrected chi connectivity index (χ1v) is 9.73. The summed E-state index contributed by atoms with van der Waals surface area (Å²) in [6, 6.07) is 15.1. The van der Waals surface area contributed by atoms with Crippen LogP contribution in [0.2, 0.25) is 0 Å². The minimum atomic E-state index is -0.835. The Kier molecular flexibility index (Phi) is 4.84. The molecule has 0 radical (unpaired) electrons. The van der Waals surface area contributed by atoms with E-state index in [-0.39, 0.29) is 17.2 Å². The lowest BCUT2D eigenvalue weighted by atomic mass is 9.95. The molecule has 2 heterocycles. The number of benzene rings is 2. The van der Waals surface area contributed by atoms with Gasteiger partial charge in [0.25, 0.3) is 5.78 Å². The van der Waals surface area contributed by atoms with Crippen molar-refractivity contribution in [2.24, 2.45) is 0 Å². The number of rotatable bonds is 3. The van der Waals surface area contributed by atoms with Crippen molar-refractivity contribution in [2.45, 2.75) is 19.9 Å². The first kappa shape index (κ1) is 19.1. The third-order valence-corrected chi connectivity index (χ3v) is 5.29. The molecular weight excluding hydrogens is 436 g/mol. The maximum absolute atomic E-state index is 13.0. The Bertz CT molecular complexity index is 1150. The number of aliphatic hydroxyl groups excluding tert-OH is 1. The number of ketones is 1. The average Bonchev–Trinajstić information content (AvgIpc) is 3.23. The Morgan fingerprint density at radius 1 is 1.10 bits per heavy atom. The van der Waals surface area contributed by atoms with Gasteiger partial charge >= 0.3 is 5.91 Å². The zero-order valence-corrected chi connectivity index (χ0v) is 17.3. The molecule has 0 bridgehead atoms. The summed E-state index contributed by atoms with van der Waals surface area (Å²) < 4.78 is 5.90. The lowest BCUT2D eigenvalue weighted by Gasteiger charge is -2.23. The van der Waals surface area contributed by atoms with Gasteiger partial charge in [-0.25, -0.2) is 0 Å². The molecule has 1 aromatic heterocycles. The van der Waals surface area contributed by atoms with Crippen LogP contribution in [0.15, 0.2) is 69.2 Å². The van der Waals surface area contributed by atoms with Crippen molar-refractivity contribution in [2.75, 3.05) is 4.90 Å². The standard InChI is InChI=1S/C22H17BrN2O4/c1-12-6-8-14(9-7-12)20(26)18-19(15-4-3-5-16(23)11-15)25(22(28)21(18)27)17-10-13(2)29-24-17/h3-11,19,26H,1-2H3. The molecule has 0 spiro atoms. The molecule has 1 aliphatic heterocycles. The molecule has 3 aromatic rings. The van der Waals surface area contributed by atoms with Gasteiger partial charge in [-0.2, -0.15) is 0 Å². The highest BCUT2D eigenvalue weighted by atomic mass is 79.9. The summed E-state index contributed by atoms with van der Waals surface area (Å²) in [5.41, 5.74) is 2.15. The summed E-state index contributed by atoms with van der Waals surface area (Å²) in [6.07, 6.45) is 0. The second-order valence-corrected chi connectivity index (χ2v) is 7.80. The van der Waals surface area contributed by atoms with Crippen molar-refractivity contribution >= 4 is 39.2 Å². The van der Waals surface area contributed by atoms with Gasteiger partial charge in [0.1, 0.15) is 11.5 Å². The molecule has 1 saturated heterocycles. The summed E-state index contributed by atoms with van der Waals surface area (Å²) in [5, 5.41) is 14.9. The van der Waals surface area contributed by atoms with Gasteiger partial charge in [-0.1, -0.05) is 63.0 Å². The summed E-state index contributed by atoms with van der Waals surface area (Å²) >= 11 is 3.43. The first-order valence-electron chi connectivity index (χ1n) is 8.93. The molecule has 6 nitrogen and oxygen atoms in total. The number of hydrogen-bond donors (Lipinski definition) is 1. The highest BCUT2D eigenvalue weighted by Gasteiger charge is 2.48. The van der Waals surface area contributed by atoms with Gasteiger partial charge in [-0.05, 0) is 31.5 Å². The van der Waals surface area contributed by atoms with Crippen LogP contribution in [0.3, 0.4) is 0 Å². The molecule has 1 unspecified atom stereocenters. The summed E-state index contributed by atoms with van der Waals surface area (Å²) in [4.78, 5) is 27.2. The van der Waals surface area contributed by atoms with Gasteiger partial charge in [0.05, 0.1) is 11.6 Å². The highest BCUT2D eigenvalue weighted by molar-refractivity contribution is 9.10. The molecule has 7 heteroatoms. The molecule has 1 atom stereocenters. The SMILES string of the molecule is Cc1ccc(C(O)=C2C(=O)C(=O)N(c3cc(C)on3)C2c2cccc(Br)c2)cc1. The lowest BCUT2D eigenvalue weighted by molar-refractivity contribution is -0.132. The average molecular weight is 453 g/mol. The fourth-order valence-corrected chi connectivity index (χ4v) is 3.81. The maximum atomic E-state index is 13.0. The summed E-state index contributed by atoms with van der Waals surface area (Å²) in [7, 11) is 0. The van der Waals surface area contributed by atoms with Gasteiger partial charge < -0.3 is 9.63 Å². The smallest absolute Gasteiger partial charge is 0.301 e. The quantitative estimate of drug-likeness (QED) is 0.354. The van der Waals surface area contributed by atoms with E-state index >= 15 is 0 Å². The maximum Gasteiger partial charge on any atom is 0.301 e. The molecule has 0 aliphatic carbocycles. The summed E-state index contributed by atoms with van der Waals surface area (Å²) in [5.74, 6) is -1.03. The lowest BCUT2D eigenvalue weighted by Crippen LogP contribution is -2.29. The molecule has 1 fully saturated rings. The van der Waals surface area contributed by atoms with Crippen LogP contribution in [0.4, 0.5) is 5.82 Å². The van der Waals surface area contributed by atoms with E-state index in [0.29, 0.717) is 16.9 Å². The zero-order valence-electron chi connectivity index (χ0n) is 15.7. The third kappa shape index (κ3) is 3.38. The van der Waals surface area contributed by atoms with Crippen LogP contribution < -0.4 is 4.90 Å². The minimum absolute atomic E-state index is 0.0117. The van der Waals surface area contributed by atoms with Gasteiger partial charge in [-0.15, -0.1) is 0 Å². The molecular formula is C22H17BrN2O4. The normalized spacial score (nSPS) is 18.4. The molecule has 1 aliphatic rings. The zero-order chi connectivity index (χ0) is 20.7. The summed E-state index contributed by atoms with van der Waals surface area (Å²) in [6.45, 7) is 3.63. The van der Waals surface area contributed by atoms with Gasteiger partial charge in [0.15, 0.2) is 5.82 Å². The predicted octanol–water partition coefficient (Wildman–Crippen LogP) is 4.68. The Morgan fingerprint density at radius 3 is 2.45 bits per heavy atom. The van der Waals surface area contributed by atoms with Crippen LogP contribution in [0.1, 0.15) is 28.5 Å². The largest absolute Gasteiger partial charge is 0.507 e. The topological polar surface area (TPSA) is 83.6 Å². The molecule has 146 valence electrons. The van der Waals surface area contributed by atoms with E-state index in [0.717, 1.165) is 10.0 Å². The number of halogens is 1. The van der Waals surface area contributed by atoms with Crippen molar-refractivity contribution in [1.29, 1.82) is 0 Å². The van der Waals surface area contributed by atoms with Gasteiger partial charge in [0.2, 0.25) is 0 Å². The second-order valence-electron chi connectivity index (χ2n) is 6.89. The van der Waals surface area contributed by atoms with E-state index in [1.54, 1.807) is 43.3 Å². The minimum Gasteiger partial charge on any atom is -0.507 e. The van der Waals surface area contributed by atoms with Crippen molar-refractivity contribution in [1.82, 2.24) is 5.16 Å². The fourth-order valence-electron chi connectivity index (χ4n) is 3.39. The van der Waals surface area contributed by atoms with Crippen molar-refractivity contribution in [3.63, 3.8) is 0 Å². The van der Waals surface area contributed by atoms with Crippen LogP contribution in [0.25, 0.3) is 5.76 Å². The number of carbonyl (C=O) groups excluding carboxylic acids is 2. The van der Waals surface area contributed by atoms with Crippen LogP contribution in [0.5, 0.6) is 0 Å². The first-order chi connectivity index (χ1) is 13.9. The van der Waals surface area contributed by atoms with E-state index in [9.17, 15) is 14.7 Å². The Hall–Kier alpha value is -3.19. The Labute approximate surface area is 175 Å². The molecule has 0 saturated carbocycles. The number of Topliss-reactive ketones (excluding diaryl/α,β-unsaturated/α-hetero) is 1. The predicted molar refractivity (Wildman–Crippen MR) is 111 cm³/mol. The number of aryl methyl sites for hydroxylation is 2. The van der Waals surface area contributed by atoms with Gasteiger partial charge in [0, 0.05) is 16.1 Å². The van der Waals surface area contributed by atoms with E-state index in [1.165, 1.54) is 4.90 Å². The number of nitrogens with zero attached hydrogens (tertiary/aromatic N) is 2. The molecule has 4 rings (SSSR count). The third-order valence-electron chi connectivity index (χ3n) is 4.80. The molecule has 1 N–H and O–H groups in total. The monoisotopic (exact) mass is 452 g/mol. The number of aromatic nitrogens is 1. The Morgan fingerprint density at radius 2 is 1.83 bits per heavy atom. The van der Waals surface area contributed by atoms with Crippen LogP contribution in [-0.4, -0.2) is 22.0 Å². The van der Waals surface area contributed by atoms with Crippen LogP contribution in [-0.2, 0) is 9.59 Å². The van der Waals surface area contributed by atoms with E-state index in [1.807, 2.05) is 25.1 Å². The number of amides is 1. The number of carbonyl (C=O) groups is 2. The van der Waals surface area contributed by atoms with E-state index in [2.05, 4.69) is 21.1 Å². The Balaban J connectivity index is 1.95.